The monoisotopic (exact) mass is 215 g/mol. The van der Waals surface area contributed by atoms with Gasteiger partial charge in [-0.25, -0.2) is 0 Å². The van der Waals surface area contributed by atoms with E-state index in [9.17, 15) is 0 Å². The third kappa shape index (κ3) is 4.96. The van der Waals surface area contributed by atoms with Gasteiger partial charge >= 0.3 is 0 Å². The SMILES string of the molecule is CC(CCCO)NC1CCOC(C)(C)C1. The van der Waals surface area contributed by atoms with E-state index < -0.39 is 0 Å². The van der Waals surface area contributed by atoms with Crippen LogP contribution in [-0.2, 0) is 4.74 Å². The lowest BCUT2D eigenvalue weighted by Gasteiger charge is -2.37. The highest BCUT2D eigenvalue weighted by Crippen LogP contribution is 2.24. The standard InChI is InChI=1S/C12H25NO2/c1-10(5-4-7-14)13-11-6-8-15-12(2,3)9-11/h10-11,13-14H,4-9H2,1-3H3. The summed E-state index contributed by atoms with van der Waals surface area (Å²) in [5.41, 5.74) is 0.0205. The number of ether oxygens (including phenoxy) is 1. The van der Waals surface area contributed by atoms with Crippen LogP contribution >= 0.6 is 0 Å². The van der Waals surface area contributed by atoms with Gasteiger partial charge in [0.1, 0.15) is 0 Å². The van der Waals surface area contributed by atoms with Gasteiger partial charge in [0.15, 0.2) is 0 Å². The molecule has 2 N–H and O–H groups in total. The maximum atomic E-state index is 8.76. The zero-order chi connectivity index (χ0) is 11.3. The molecule has 0 aliphatic carbocycles. The molecule has 0 amide bonds. The van der Waals surface area contributed by atoms with Crippen molar-refractivity contribution in [1.29, 1.82) is 0 Å². The first-order valence-corrected chi connectivity index (χ1v) is 6.04. The van der Waals surface area contributed by atoms with Crippen LogP contribution < -0.4 is 5.32 Å². The number of aliphatic hydroxyl groups is 1. The Morgan fingerprint density at radius 1 is 1.53 bits per heavy atom. The zero-order valence-electron chi connectivity index (χ0n) is 10.3. The molecule has 0 spiro atoms. The van der Waals surface area contributed by atoms with Gasteiger partial charge in [-0.05, 0) is 46.5 Å². The van der Waals surface area contributed by atoms with E-state index in [0.29, 0.717) is 18.7 Å². The van der Waals surface area contributed by atoms with Crippen LogP contribution in [0.1, 0.15) is 46.5 Å². The van der Waals surface area contributed by atoms with E-state index in [4.69, 9.17) is 9.84 Å². The normalized spacial score (nSPS) is 27.6. The van der Waals surface area contributed by atoms with Crippen LogP contribution in [0.4, 0.5) is 0 Å². The van der Waals surface area contributed by atoms with Gasteiger partial charge in [0, 0.05) is 25.3 Å². The number of hydrogen-bond acceptors (Lipinski definition) is 3. The lowest BCUT2D eigenvalue weighted by molar-refractivity contribution is -0.0640. The van der Waals surface area contributed by atoms with Crippen LogP contribution in [0, 0.1) is 0 Å². The molecule has 90 valence electrons. The highest BCUT2D eigenvalue weighted by Gasteiger charge is 2.29. The minimum absolute atomic E-state index is 0.0205. The maximum Gasteiger partial charge on any atom is 0.0641 e. The molecule has 0 saturated carbocycles. The highest BCUT2D eigenvalue weighted by molar-refractivity contribution is 4.84. The molecule has 0 aromatic carbocycles. The molecule has 0 aromatic heterocycles. The molecular formula is C12H25NO2. The lowest BCUT2D eigenvalue weighted by atomic mass is 9.93. The topological polar surface area (TPSA) is 41.5 Å². The third-order valence-corrected chi connectivity index (χ3v) is 3.01. The fourth-order valence-electron chi connectivity index (χ4n) is 2.26. The van der Waals surface area contributed by atoms with Crippen molar-refractivity contribution in [3.8, 4) is 0 Å². The molecule has 1 aliphatic rings. The van der Waals surface area contributed by atoms with Crippen molar-refractivity contribution in [2.24, 2.45) is 0 Å². The predicted octanol–water partition coefficient (Wildman–Crippen LogP) is 1.69. The molecule has 0 aromatic rings. The van der Waals surface area contributed by atoms with E-state index in [1.165, 1.54) is 0 Å². The molecule has 2 atom stereocenters. The van der Waals surface area contributed by atoms with Gasteiger partial charge in [0.05, 0.1) is 5.60 Å². The molecule has 3 nitrogen and oxygen atoms in total. The molecule has 15 heavy (non-hydrogen) atoms. The van der Waals surface area contributed by atoms with Gasteiger partial charge in [-0.2, -0.15) is 0 Å². The van der Waals surface area contributed by atoms with Crippen LogP contribution in [0.2, 0.25) is 0 Å². The Morgan fingerprint density at radius 2 is 2.27 bits per heavy atom. The first kappa shape index (κ1) is 12.9. The van der Waals surface area contributed by atoms with Gasteiger partial charge in [0.2, 0.25) is 0 Å². The molecule has 3 heteroatoms. The van der Waals surface area contributed by atoms with Crippen molar-refractivity contribution in [3.63, 3.8) is 0 Å². The van der Waals surface area contributed by atoms with E-state index in [0.717, 1.165) is 32.3 Å². The summed E-state index contributed by atoms with van der Waals surface area (Å²) in [5, 5.41) is 12.4. The van der Waals surface area contributed by atoms with Crippen molar-refractivity contribution in [2.75, 3.05) is 13.2 Å². The first-order chi connectivity index (χ1) is 7.03. The van der Waals surface area contributed by atoms with Gasteiger partial charge in [-0.15, -0.1) is 0 Å². The minimum Gasteiger partial charge on any atom is -0.396 e. The van der Waals surface area contributed by atoms with Crippen LogP contribution in [-0.4, -0.2) is 36.0 Å². The second-order valence-electron chi connectivity index (χ2n) is 5.23. The Balaban J connectivity index is 2.25. The van der Waals surface area contributed by atoms with E-state index in [2.05, 4.69) is 26.1 Å². The Kier molecular flexibility index (Phi) is 5.03. The van der Waals surface area contributed by atoms with Crippen molar-refractivity contribution in [2.45, 2.75) is 64.1 Å². The number of nitrogens with one attached hydrogen (secondary N) is 1. The average molecular weight is 215 g/mol. The summed E-state index contributed by atoms with van der Waals surface area (Å²) in [6.07, 6.45) is 4.12. The Bertz CT molecular complexity index is 182. The summed E-state index contributed by atoms with van der Waals surface area (Å²) in [7, 11) is 0. The van der Waals surface area contributed by atoms with Gasteiger partial charge in [0.25, 0.3) is 0 Å². The second-order valence-corrected chi connectivity index (χ2v) is 5.23. The van der Waals surface area contributed by atoms with Gasteiger partial charge in [-0.1, -0.05) is 0 Å². The maximum absolute atomic E-state index is 8.76. The van der Waals surface area contributed by atoms with Crippen LogP contribution in [0.3, 0.4) is 0 Å². The smallest absolute Gasteiger partial charge is 0.0641 e. The molecule has 0 bridgehead atoms. The minimum atomic E-state index is 0.0205. The van der Waals surface area contributed by atoms with Crippen LogP contribution in [0.5, 0.6) is 0 Å². The van der Waals surface area contributed by atoms with Crippen LogP contribution in [0.25, 0.3) is 0 Å². The van der Waals surface area contributed by atoms with Gasteiger partial charge in [-0.3, -0.25) is 0 Å². The Morgan fingerprint density at radius 3 is 2.87 bits per heavy atom. The highest BCUT2D eigenvalue weighted by atomic mass is 16.5. The lowest BCUT2D eigenvalue weighted by Crippen LogP contribution is -2.46. The number of rotatable bonds is 5. The fraction of sp³-hybridized carbons (Fsp3) is 1.00. The van der Waals surface area contributed by atoms with Crippen molar-refractivity contribution in [3.05, 3.63) is 0 Å². The summed E-state index contributed by atoms with van der Waals surface area (Å²) in [4.78, 5) is 0. The predicted molar refractivity (Wildman–Crippen MR) is 62.0 cm³/mol. The van der Waals surface area contributed by atoms with E-state index in [-0.39, 0.29) is 5.60 Å². The Hall–Kier alpha value is -0.120. The van der Waals surface area contributed by atoms with E-state index >= 15 is 0 Å². The second kappa shape index (κ2) is 5.83. The Labute approximate surface area is 93.2 Å². The van der Waals surface area contributed by atoms with Crippen molar-refractivity contribution < 1.29 is 9.84 Å². The zero-order valence-corrected chi connectivity index (χ0v) is 10.3. The van der Waals surface area contributed by atoms with E-state index in [1.54, 1.807) is 0 Å². The summed E-state index contributed by atoms with van der Waals surface area (Å²) in [6.45, 7) is 7.65. The summed E-state index contributed by atoms with van der Waals surface area (Å²) >= 11 is 0. The van der Waals surface area contributed by atoms with Gasteiger partial charge < -0.3 is 15.2 Å². The molecule has 1 rings (SSSR count). The molecule has 1 heterocycles. The quantitative estimate of drug-likeness (QED) is 0.733. The molecule has 0 radical (unpaired) electrons. The van der Waals surface area contributed by atoms with E-state index in [1.807, 2.05) is 0 Å². The molecule has 2 unspecified atom stereocenters. The third-order valence-electron chi connectivity index (χ3n) is 3.01. The average Bonchev–Trinajstić information content (AvgIpc) is 2.13. The van der Waals surface area contributed by atoms with Crippen molar-refractivity contribution >= 4 is 0 Å². The molecular weight excluding hydrogens is 190 g/mol. The summed E-state index contributed by atoms with van der Waals surface area (Å²) in [6, 6.07) is 1.07. The molecule has 1 fully saturated rings. The van der Waals surface area contributed by atoms with Crippen molar-refractivity contribution in [1.82, 2.24) is 5.32 Å². The molecule has 1 aliphatic heterocycles. The number of aliphatic hydroxyl groups excluding tert-OH is 1. The molecule has 1 saturated heterocycles. The first-order valence-electron chi connectivity index (χ1n) is 6.04. The number of hydrogen-bond donors (Lipinski definition) is 2. The fourth-order valence-corrected chi connectivity index (χ4v) is 2.26. The van der Waals surface area contributed by atoms with Crippen LogP contribution in [0.15, 0.2) is 0 Å². The summed E-state index contributed by atoms with van der Waals surface area (Å²) in [5.74, 6) is 0. The summed E-state index contributed by atoms with van der Waals surface area (Å²) < 4.78 is 5.68. The largest absolute Gasteiger partial charge is 0.396 e.